The lowest BCUT2D eigenvalue weighted by Gasteiger charge is -2.35. The Balaban J connectivity index is 1.36. The van der Waals surface area contributed by atoms with Crippen LogP contribution >= 0.6 is 23.2 Å². The highest BCUT2D eigenvalue weighted by molar-refractivity contribution is 6.39. The largest absolute Gasteiger partial charge is 0.497 e. The summed E-state index contributed by atoms with van der Waals surface area (Å²) in [5.74, 6) is 1.29. The molecule has 1 aliphatic rings. The maximum atomic E-state index is 12.4. The molecule has 1 aliphatic heterocycles. The Kier molecular flexibility index (Phi) is 8.80. The minimum Gasteiger partial charge on any atom is -0.497 e. The summed E-state index contributed by atoms with van der Waals surface area (Å²) in [6, 6.07) is 12.4. The van der Waals surface area contributed by atoms with Crippen LogP contribution in [0.15, 0.2) is 42.5 Å². The fourth-order valence-corrected chi connectivity index (χ4v) is 3.84. The SMILES string of the molecule is COc1ccc(OCC(O)CN2CCN(CC(=O)Nc3c(Cl)cccc3Cl)CC2)cc1. The van der Waals surface area contributed by atoms with E-state index in [2.05, 4.69) is 15.1 Å². The second kappa shape index (κ2) is 11.5. The lowest BCUT2D eigenvalue weighted by Crippen LogP contribution is -2.50. The first-order valence-corrected chi connectivity index (χ1v) is 10.8. The topological polar surface area (TPSA) is 74.3 Å². The molecular formula is C22H27Cl2N3O4. The van der Waals surface area contributed by atoms with Gasteiger partial charge in [0.1, 0.15) is 24.2 Å². The van der Waals surface area contributed by atoms with Crippen molar-refractivity contribution in [1.29, 1.82) is 0 Å². The summed E-state index contributed by atoms with van der Waals surface area (Å²) in [5.41, 5.74) is 0.439. The van der Waals surface area contributed by atoms with Gasteiger partial charge in [0.05, 0.1) is 29.4 Å². The van der Waals surface area contributed by atoms with E-state index in [0.717, 1.165) is 31.9 Å². The number of nitrogens with one attached hydrogen (secondary N) is 1. The Morgan fingerprint density at radius 3 is 2.23 bits per heavy atom. The van der Waals surface area contributed by atoms with Gasteiger partial charge in [-0.05, 0) is 36.4 Å². The van der Waals surface area contributed by atoms with Crippen molar-refractivity contribution in [2.75, 3.05) is 58.3 Å². The molecule has 7 nitrogen and oxygen atoms in total. The molecule has 1 atom stereocenters. The van der Waals surface area contributed by atoms with Crippen molar-refractivity contribution in [2.45, 2.75) is 6.10 Å². The summed E-state index contributed by atoms with van der Waals surface area (Å²) < 4.78 is 10.8. The predicted octanol–water partition coefficient (Wildman–Crippen LogP) is 3.00. The zero-order chi connectivity index (χ0) is 22.2. The zero-order valence-corrected chi connectivity index (χ0v) is 18.9. The normalized spacial score (nSPS) is 16.0. The minimum absolute atomic E-state index is 0.156. The molecule has 2 aromatic rings. The second-order valence-corrected chi connectivity index (χ2v) is 8.18. The van der Waals surface area contributed by atoms with Gasteiger partial charge in [0.2, 0.25) is 5.91 Å². The molecule has 9 heteroatoms. The molecule has 1 unspecified atom stereocenters. The van der Waals surface area contributed by atoms with Crippen molar-refractivity contribution >= 4 is 34.8 Å². The molecule has 1 saturated heterocycles. The number of nitrogens with zero attached hydrogens (tertiary/aromatic N) is 2. The van der Waals surface area contributed by atoms with Crippen LogP contribution in [0.2, 0.25) is 10.0 Å². The molecule has 1 amide bonds. The molecule has 0 aromatic heterocycles. The van der Waals surface area contributed by atoms with Gasteiger partial charge in [0.25, 0.3) is 0 Å². The van der Waals surface area contributed by atoms with Gasteiger partial charge in [-0.3, -0.25) is 14.6 Å². The molecule has 1 fully saturated rings. The fraction of sp³-hybridized carbons (Fsp3) is 0.409. The standard InChI is InChI=1S/C22H27Cl2N3O4/c1-30-17-5-7-18(8-6-17)31-15-16(28)13-26-9-11-27(12-10-26)14-21(29)25-22-19(23)3-2-4-20(22)24/h2-8,16,28H,9-15H2,1H3,(H,25,29). The minimum atomic E-state index is -0.598. The number of para-hydroxylation sites is 1. The lowest BCUT2D eigenvalue weighted by molar-refractivity contribution is -0.117. The highest BCUT2D eigenvalue weighted by Gasteiger charge is 2.21. The molecule has 0 bridgehead atoms. The van der Waals surface area contributed by atoms with E-state index < -0.39 is 6.10 Å². The first-order valence-electron chi connectivity index (χ1n) is 10.1. The molecule has 2 aromatic carbocycles. The van der Waals surface area contributed by atoms with Gasteiger partial charge >= 0.3 is 0 Å². The second-order valence-electron chi connectivity index (χ2n) is 7.36. The number of amides is 1. The van der Waals surface area contributed by atoms with Crippen molar-refractivity contribution < 1.29 is 19.4 Å². The van der Waals surface area contributed by atoms with E-state index in [1.807, 2.05) is 24.3 Å². The number of halogens is 2. The number of aliphatic hydroxyl groups excluding tert-OH is 1. The first-order chi connectivity index (χ1) is 14.9. The molecule has 1 heterocycles. The van der Waals surface area contributed by atoms with E-state index >= 15 is 0 Å². The molecule has 168 valence electrons. The van der Waals surface area contributed by atoms with E-state index in [0.29, 0.717) is 28.0 Å². The Morgan fingerprint density at radius 1 is 1.03 bits per heavy atom. The molecule has 2 N–H and O–H groups in total. The number of methoxy groups -OCH3 is 1. The number of benzene rings is 2. The van der Waals surface area contributed by atoms with E-state index in [1.165, 1.54) is 0 Å². The number of piperazine rings is 1. The third-order valence-electron chi connectivity index (χ3n) is 5.03. The lowest BCUT2D eigenvalue weighted by atomic mass is 10.2. The van der Waals surface area contributed by atoms with Crippen LogP contribution in [0.4, 0.5) is 5.69 Å². The number of rotatable bonds is 9. The van der Waals surface area contributed by atoms with E-state index in [4.69, 9.17) is 32.7 Å². The number of ether oxygens (including phenoxy) is 2. The third-order valence-corrected chi connectivity index (χ3v) is 5.66. The maximum absolute atomic E-state index is 12.4. The molecule has 3 rings (SSSR count). The number of hydrogen-bond donors (Lipinski definition) is 2. The predicted molar refractivity (Wildman–Crippen MR) is 122 cm³/mol. The Hall–Kier alpha value is -2.03. The van der Waals surface area contributed by atoms with Crippen molar-refractivity contribution in [3.63, 3.8) is 0 Å². The smallest absolute Gasteiger partial charge is 0.238 e. The summed E-state index contributed by atoms with van der Waals surface area (Å²) in [4.78, 5) is 16.6. The van der Waals surface area contributed by atoms with Crippen LogP contribution in [-0.2, 0) is 4.79 Å². The number of hydrogen-bond acceptors (Lipinski definition) is 6. The number of carbonyl (C=O) groups excluding carboxylic acids is 1. The van der Waals surface area contributed by atoms with Gasteiger partial charge in [0.15, 0.2) is 0 Å². The Morgan fingerprint density at radius 2 is 1.61 bits per heavy atom. The van der Waals surface area contributed by atoms with Crippen LogP contribution < -0.4 is 14.8 Å². The average Bonchev–Trinajstić information content (AvgIpc) is 2.77. The summed E-state index contributed by atoms with van der Waals surface area (Å²) in [7, 11) is 1.61. The monoisotopic (exact) mass is 467 g/mol. The van der Waals surface area contributed by atoms with Crippen molar-refractivity contribution in [3.8, 4) is 11.5 Å². The molecule has 0 spiro atoms. The van der Waals surface area contributed by atoms with Gasteiger partial charge in [-0.1, -0.05) is 29.3 Å². The van der Waals surface area contributed by atoms with Gasteiger partial charge in [0, 0.05) is 32.7 Å². The fourth-order valence-electron chi connectivity index (χ4n) is 3.34. The average molecular weight is 468 g/mol. The molecule has 0 aliphatic carbocycles. The van der Waals surface area contributed by atoms with Gasteiger partial charge in [-0.2, -0.15) is 0 Å². The van der Waals surface area contributed by atoms with Gasteiger partial charge in [-0.25, -0.2) is 0 Å². The summed E-state index contributed by atoms with van der Waals surface area (Å²) in [6.07, 6.45) is -0.598. The van der Waals surface area contributed by atoms with Gasteiger partial charge < -0.3 is 19.9 Å². The van der Waals surface area contributed by atoms with Gasteiger partial charge in [-0.15, -0.1) is 0 Å². The van der Waals surface area contributed by atoms with Crippen LogP contribution in [0.3, 0.4) is 0 Å². The molecular weight excluding hydrogens is 441 g/mol. The third kappa shape index (κ3) is 7.26. The van der Waals surface area contributed by atoms with Crippen LogP contribution in [-0.4, -0.2) is 79.9 Å². The summed E-state index contributed by atoms with van der Waals surface area (Å²) in [5, 5.41) is 13.9. The number of aliphatic hydroxyl groups is 1. The number of β-amino-alcohol motifs (C(OH)–C–C–N with tert-alkyl or cyclic N) is 1. The van der Waals surface area contributed by atoms with E-state index in [9.17, 15) is 9.90 Å². The Labute approximate surface area is 192 Å². The quantitative estimate of drug-likeness (QED) is 0.590. The number of carbonyl (C=O) groups is 1. The molecule has 31 heavy (non-hydrogen) atoms. The van der Waals surface area contributed by atoms with Crippen LogP contribution in [0.1, 0.15) is 0 Å². The summed E-state index contributed by atoms with van der Waals surface area (Å²) in [6.45, 7) is 3.99. The van der Waals surface area contributed by atoms with Crippen LogP contribution in [0.25, 0.3) is 0 Å². The van der Waals surface area contributed by atoms with Crippen LogP contribution in [0, 0.1) is 0 Å². The summed E-state index contributed by atoms with van der Waals surface area (Å²) >= 11 is 12.2. The maximum Gasteiger partial charge on any atom is 0.238 e. The van der Waals surface area contributed by atoms with Crippen LogP contribution in [0.5, 0.6) is 11.5 Å². The highest BCUT2D eigenvalue weighted by Crippen LogP contribution is 2.29. The van der Waals surface area contributed by atoms with E-state index in [-0.39, 0.29) is 19.1 Å². The zero-order valence-electron chi connectivity index (χ0n) is 17.4. The molecule has 0 saturated carbocycles. The molecule has 0 radical (unpaired) electrons. The van der Waals surface area contributed by atoms with Crippen molar-refractivity contribution in [2.24, 2.45) is 0 Å². The Bertz CT molecular complexity index is 838. The number of anilines is 1. The highest BCUT2D eigenvalue weighted by atomic mass is 35.5. The first kappa shape index (κ1) is 23.6. The van der Waals surface area contributed by atoms with Crippen molar-refractivity contribution in [1.82, 2.24) is 9.80 Å². The van der Waals surface area contributed by atoms with Crippen molar-refractivity contribution in [3.05, 3.63) is 52.5 Å². The van der Waals surface area contributed by atoms with E-state index in [1.54, 1.807) is 25.3 Å².